The van der Waals surface area contributed by atoms with E-state index in [-0.39, 0.29) is 6.04 Å². The third-order valence-electron chi connectivity index (χ3n) is 4.04. The summed E-state index contributed by atoms with van der Waals surface area (Å²) in [4.78, 5) is 2.33. The van der Waals surface area contributed by atoms with Crippen LogP contribution in [0.5, 0.6) is 0 Å². The molecular weight excluding hydrogens is 307 g/mol. The van der Waals surface area contributed by atoms with Crippen molar-refractivity contribution in [2.24, 2.45) is 0 Å². The van der Waals surface area contributed by atoms with Crippen LogP contribution in [-0.4, -0.2) is 44.8 Å². The lowest BCUT2D eigenvalue weighted by molar-refractivity contribution is 0.0801. The molecular formula is C16H24Cl2N2O. The van der Waals surface area contributed by atoms with Crippen LogP contribution < -0.4 is 5.32 Å². The first-order valence-corrected chi connectivity index (χ1v) is 8.28. The minimum atomic E-state index is 0.211. The number of nitrogens with one attached hydrogen (secondary N) is 1. The zero-order chi connectivity index (χ0) is 15.2. The van der Waals surface area contributed by atoms with E-state index in [0.717, 1.165) is 31.7 Å². The molecule has 1 aliphatic heterocycles. The number of benzene rings is 1. The molecule has 0 spiro atoms. The van der Waals surface area contributed by atoms with Gasteiger partial charge in [-0.25, -0.2) is 0 Å². The number of likely N-dealkylation sites (N-methyl/N-ethyl adjacent to an activating group) is 1. The fraction of sp³-hybridized carbons (Fsp3) is 0.625. The summed E-state index contributed by atoms with van der Waals surface area (Å²) >= 11 is 12.4. The van der Waals surface area contributed by atoms with Crippen LogP contribution in [0, 0.1) is 0 Å². The number of nitrogens with zero attached hydrogens (tertiary/aromatic N) is 1. The lowest BCUT2D eigenvalue weighted by atomic mass is 10.0. The van der Waals surface area contributed by atoms with Crippen molar-refractivity contribution in [2.45, 2.75) is 31.4 Å². The molecule has 118 valence electrons. The molecule has 0 aromatic heterocycles. The third kappa shape index (κ3) is 4.83. The molecule has 21 heavy (non-hydrogen) atoms. The third-order valence-corrected chi connectivity index (χ3v) is 4.88. The lowest BCUT2D eigenvalue weighted by Crippen LogP contribution is -2.31. The Hall–Kier alpha value is -0.320. The maximum Gasteiger partial charge on any atom is 0.0702 e. The van der Waals surface area contributed by atoms with Gasteiger partial charge in [0.1, 0.15) is 0 Å². The summed E-state index contributed by atoms with van der Waals surface area (Å²) in [5.74, 6) is 0. The van der Waals surface area contributed by atoms with E-state index in [9.17, 15) is 0 Å². The molecule has 1 saturated heterocycles. The maximum atomic E-state index is 6.31. The van der Waals surface area contributed by atoms with Gasteiger partial charge in [0.05, 0.1) is 16.1 Å². The molecule has 1 aliphatic rings. The summed E-state index contributed by atoms with van der Waals surface area (Å²) in [6.07, 6.45) is 3.76. The Morgan fingerprint density at radius 1 is 1.43 bits per heavy atom. The van der Waals surface area contributed by atoms with Gasteiger partial charge in [-0.2, -0.15) is 0 Å². The summed E-state index contributed by atoms with van der Waals surface area (Å²) < 4.78 is 5.68. The Morgan fingerprint density at radius 3 is 2.90 bits per heavy atom. The fourth-order valence-electron chi connectivity index (χ4n) is 2.82. The first-order chi connectivity index (χ1) is 10.1. The van der Waals surface area contributed by atoms with E-state index in [1.165, 1.54) is 12.8 Å². The predicted molar refractivity (Wildman–Crippen MR) is 89.4 cm³/mol. The molecule has 0 radical (unpaired) electrons. The van der Waals surface area contributed by atoms with Crippen molar-refractivity contribution < 1.29 is 4.74 Å². The molecule has 1 aromatic carbocycles. The van der Waals surface area contributed by atoms with Gasteiger partial charge < -0.3 is 15.0 Å². The highest BCUT2D eigenvalue weighted by molar-refractivity contribution is 6.42. The minimum absolute atomic E-state index is 0.211. The average molecular weight is 331 g/mol. The SMILES string of the molecule is CNC(CCN(C)CC1CCCO1)c1cccc(Cl)c1Cl. The first-order valence-electron chi connectivity index (χ1n) is 7.53. The summed E-state index contributed by atoms with van der Waals surface area (Å²) in [5.41, 5.74) is 1.07. The van der Waals surface area contributed by atoms with E-state index < -0.39 is 0 Å². The molecule has 1 heterocycles. The van der Waals surface area contributed by atoms with Gasteiger partial charge in [0, 0.05) is 19.2 Å². The Labute approximate surface area is 137 Å². The van der Waals surface area contributed by atoms with E-state index in [1.807, 2.05) is 25.2 Å². The summed E-state index contributed by atoms with van der Waals surface area (Å²) in [6, 6.07) is 6.02. The molecule has 0 aliphatic carbocycles. The van der Waals surface area contributed by atoms with Crippen LogP contribution >= 0.6 is 23.2 Å². The van der Waals surface area contributed by atoms with E-state index >= 15 is 0 Å². The molecule has 5 heteroatoms. The van der Waals surface area contributed by atoms with Crippen LogP contribution in [0.2, 0.25) is 10.0 Å². The van der Waals surface area contributed by atoms with Crippen molar-refractivity contribution in [3.05, 3.63) is 33.8 Å². The number of rotatable bonds is 7. The average Bonchev–Trinajstić information content (AvgIpc) is 2.96. The van der Waals surface area contributed by atoms with Gasteiger partial charge in [0.25, 0.3) is 0 Å². The van der Waals surface area contributed by atoms with Gasteiger partial charge in [0.2, 0.25) is 0 Å². The van der Waals surface area contributed by atoms with E-state index in [2.05, 4.69) is 17.3 Å². The Bertz CT molecular complexity index is 450. The monoisotopic (exact) mass is 330 g/mol. The molecule has 3 nitrogen and oxygen atoms in total. The van der Waals surface area contributed by atoms with Crippen LogP contribution in [0.15, 0.2) is 18.2 Å². The maximum absolute atomic E-state index is 6.31. The van der Waals surface area contributed by atoms with Crippen LogP contribution in [0.3, 0.4) is 0 Å². The van der Waals surface area contributed by atoms with E-state index in [1.54, 1.807) is 0 Å². The van der Waals surface area contributed by atoms with Gasteiger partial charge in [-0.15, -0.1) is 0 Å². The lowest BCUT2D eigenvalue weighted by Gasteiger charge is -2.24. The van der Waals surface area contributed by atoms with Crippen molar-refractivity contribution in [3.63, 3.8) is 0 Å². The van der Waals surface area contributed by atoms with Crippen LogP contribution in [0.25, 0.3) is 0 Å². The number of hydrogen-bond acceptors (Lipinski definition) is 3. The Balaban J connectivity index is 1.88. The zero-order valence-electron chi connectivity index (χ0n) is 12.7. The first kappa shape index (κ1) is 17.0. The second-order valence-electron chi connectivity index (χ2n) is 5.67. The van der Waals surface area contributed by atoms with Gasteiger partial charge in [0.15, 0.2) is 0 Å². The van der Waals surface area contributed by atoms with Crippen molar-refractivity contribution in [2.75, 3.05) is 33.8 Å². The summed E-state index contributed by atoms with van der Waals surface area (Å²) in [6.45, 7) is 2.91. The second kappa shape index (κ2) is 8.35. The van der Waals surface area contributed by atoms with Gasteiger partial charge in [-0.05, 0) is 51.5 Å². The van der Waals surface area contributed by atoms with Crippen molar-refractivity contribution in [1.29, 1.82) is 0 Å². The molecule has 0 bridgehead atoms. The normalized spacial score (nSPS) is 20.1. The van der Waals surface area contributed by atoms with Crippen LogP contribution in [0.1, 0.15) is 30.9 Å². The summed E-state index contributed by atoms with van der Waals surface area (Å²) in [7, 11) is 4.11. The fourth-order valence-corrected chi connectivity index (χ4v) is 3.26. The molecule has 0 saturated carbocycles. The van der Waals surface area contributed by atoms with Crippen LogP contribution in [0.4, 0.5) is 0 Å². The molecule has 1 aromatic rings. The molecule has 1 N–H and O–H groups in total. The van der Waals surface area contributed by atoms with Crippen molar-refractivity contribution in [1.82, 2.24) is 10.2 Å². The minimum Gasteiger partial charge on any atom is -0.377 e. The van der Waals surface area contributed by atoms with Crippen LogP contribution in [-0.2, 0) is 4.74 Å². The standard InChI is InChI=1S/C16H24Cl2N2O/c1-19-15(13-6-3-7-14(17)16(13)18)8-9-20(2)11-12-5-4-10-21-12/h3,6-7,12,15,19H,4-5,8-11H2,1-2H3. The largest absolute Gasteiger partial charge is 0.377 e. The van der Waals surface area contributed by atoms with E-state index in [0.29, 0.717) is 16.1 Å². The summed E-state index contributed by atoms with van der Waals surface area (Å²) in [5, 5.41) is 4.60. The van der Waals surface area contributed by atoms with Crippen molar-refractivity contribution in [3.8, 4) is 0 Å². The highest BCUT2D eigenvalue weighted by atomic mass is 35.5. The smallest absolute Gasteiger partial charge is 0.0702 e. The molecule has 0 amide bonds. The Morgan fingerprint density at radius 2 is 2.24 bits per heavy atom. The number of halogens is 2. The predicted octanol–water partition coefficient (Wildman–Crippen LogP) is 3.75. The zero-order valence-corrected chi connectivity index (χ0v) is 14.3. The molecule has 2 unspecified atom stereocenters. The van der Waals surface area contributed by atoms with Gasteiger partial charge in [-0.3, -0.25) is 0 Å². The second-order valence-corrected chi connectivity index (χ2v) is 6.46. The molecule has 1 fully saturated rings. The Kier molecular flexibility index (Phi) is 6.77. The molecule has 2 rings (SSSR count). The topological polar surface area (TPSA) is 24.5 Å². The number of hydrogen-bond donors (Lipinski definition) is 1. The quantitative estimate of drug-likeness (QED) is 0.823. The van der Waals surface area contributed by atoms with E-state index in [4.69, 9.17) is 27.9 Å². The highest BCUT2D eigenvalue weighted by Crippen LogP contribution is 2.31. The number of ether oxygens (including phenoxy) is 1. The van der Waals surface area contributed by atoms with Gasteiger partial charge in [-0.1, -0.05) is 35.3 Å². The van der Waals surface area contributed by atoms with Crippen molar-refractivity contribution >= 4 is 23.2 Å². The highest BCUT2D eigenvalue weighted by Gasteiger charge is 2.19. The molecule has 2 atom stereocenters. The van der Waals surface area contributed by atoms with Gasteiger partial charge >= 0.3 is 0 Å².